The lowest BCUT2D eigenvalue weighted by Crippen LogP contribution is -2.36. The van der Waals surface area contributed by atoms with Crippen LogP contribution in [0.1, 0.15) is 31.2 Å². The summed E-state index contributed by atoms with van der Waals surface area (Å²) in [7, 11) is -3.74. The molecule has 3 aromatic rings. The van der Waals surface area contributed by atoms with Gasteiger partial charge in [-0.25, -0.2) is 13.1 Å². The molecule has 0 bridgehead atoms. The number of likely N-dealkylation sites (tertiary alicyclic amines) is 1. The molecule has 2 aromatic heterocycles. The zero-order chi connectivity index (χ0) is 21.8. The summed E-state index contributed by atoms with van der Waals surface area (Å²) in [6.07, 6.45) is 6.69. The van der Waals surface area contributed by atoms with E-state index in [9.17, 15) is 18.0 Å². The lowest BCUT2D eigenvalue weighted by molar-refractivity contribution is -0.132. The van der Waals surface area contributed by atoms with Crippen molar-refractivity contribution in [3.63, 3.8) is 0 Å². The van der Waals surface area contributed by atoms with Crippen LogP contribution in [-0.2, 0) is 27.9 Å². The SMILES string of the molecule is O=C(CCn1c(=O)sc2cc(S(=O)(=O)NCc3cccnc3)ccc21)N1CCCCC1. The molecule has 1 saturated heterocycles. The van der Waals surface area contributed by atoms with Crippen LogP contribution in [0.2, 0.25) is 0 Å². The molecule has 0 aliphatic carbocycles. The van der Waals surface area contributed by atoms with Crippen molar-refractivity contribution < 1.29 is 13.2 Å². The third-order valence-corrected chi connectivity index (χ3v) is 7.74. The molecule has 1 aliphatic heterocycles. The minimum absolute atomic E-state index is 0.0600. The Hall–Kier alpha value is -2.56. The summed E-state index contributed by atoms with van der Waals surface area (Å²) < 4.78 is 30.0. The monoisotopic (exact) mass is 460 g/mol. The van der Waals surface area contributed by atoms with Gasteiger partial charge in [0.1, 0.15) is 0 Å². The number of pyridine rings is 1. The molecule has 0 spiro atoms. The Morgan fingerprint density at radius 1 is 1.16 bits per heavy atom. The minimum Gasteiger partial charge on any atom is -0.343 e. The number of nitrogens with zero attached hydrogens (tertiary/aromatic N) is 3. The zero-order valence-corrected chi connectivity index (χ0v) is 18.6. The second-order valence-electron chi connectivity index (χ2n) is 7.53. The Morgan fingerprint density at radius 2 is 1.97 bits per heavy atom. The smallest absolute Gasteiger partial charge is 0.308 e. The number of piperidine rings is 1. The molecule has 8 nitrogen and oxygen atoms in total. The molecular formula is C21H24N4O4S2. The molecule has 31 heavy (non-hydrogen) atoms. The summed E-state index contributed by atoms with van der Waals surface area (Å²) in [4.78, 5) is 30.7. The molecule has 1 aliphatic rings. The number of fused-ring (bicyclic) bond motifs is 1. The second kappa shape index (κ2) is 9.29. The van der Waals surface area contributed by atoms with Gasteiger partial charge in [-0.15, -0.1) is 0 Å². The molecule has 0 unspecified atom stereocenters. The van der Waals surface area contributed by atoms with Crippen molar-refractivity contribution in [1.29, 1.82) is 0 Å². The minimum atomic E-state index is -3.74. The van der Waals surface area contributed by atoms with E-state index >= 15 is 0 Å². The second-order valence-corrected chi connectivity index (χ2v) is 10.3. The Balaban J connectivity index is 1.48. The normalized spacial score (nSPS) is 14.8. The quantitative estimate of drug-likeness (QED) is 0.583. The van der Waals surface area contributed by atoms with Crippen LogP contribution in [0.25, 0.3) is 10.2 Å². The number of hydrogen-bond donors (Lipinski definition) is 1. The van der Waals surface area contributed by atoms with E-state index in [0.717, 1.165) is 49.3 Å². The van der Waals surface area contributed by atoms with Crippen molar-refractivity contribution in [2.75, 3.05) is 13.1 Å². The van der Waals surface area contributed by atoms with Gasteiger partial charge in [0, 0.05) is 45.0 Å². The van der Waals surface area contributed by atoms with Gasteiger partial charge < -0.3 is 4.90 Å². The number of hydrogen-bond acceptors (Lipinski definition) is 6. The molecule has 4 rings (SSSR count). The molecule has 3 heterocycles. The largest absolute Gasteiger partial charge is 0.343 e. The number of carbonyl (C=O) groups excluding carboxylic acids is 1. The molecule has 0 saturated carbocycles. The number of sulfonamides is 1. The highest BCUT2D eigenvalue weighted by Gasteiger charge is 2.19. The third-order valence-electron chi connectivity index (χ3n) is 5.40. The van der Waals surface area contributed by atoms with Gasteiger partial charge in [0.15, 0.2) is 0 Å². The summed E-state index contributed by atoms with van der Waals surface area (Å²) in [5.41, 5.74) is 1.40. The Bertz CT molecular complexity index is 1230. The van der Waals surface area contributed by atoms with Crippen LogP contribution in [0.15, 0.2) is 52.4 Å². The van der Waals surface area contributed by atoms with E-state index in [2.05, 4.69) is 9.71 Å². The topological polar surface area (TPSA) is 101 Å². The van der Waals surface area contributed by atoms with E-state index in [4.69, 9.17) is 0 Å². The standard InChI is InChI=1S/C21H24N4O4S2/c26-20(24-10-2-1-3-11-24)8-12-25-18-7-6-17(13-19(18)30-21(25)27)31(28,29)23-15-16-5-4-9-22-14-16/h4-7,9,13-14,23H,1-3,8,10-12,15H2. The fourth-order valence-corrected chi connectivity index (χ4v) is 5.77. The number of rotatable bonds is 7. The van der Waals surface area contributed by atoms with Crippen molar-refractivity contribution >= 4 is 37.5 Å². The Kier molecular flexibility index (Phi) is 6.49. The van der Waals surface area contributed by atoms with E-state index in [1.165, 1.54) is 12.1 Å². The number of thiazole rings is 1. The van der Waals surface area contributed by atoms with Crippen LogP contribution in [0.5, 0.6) is 0 Å². The highest BCUT2D eigenvalue weighted by atomic mass is 32.2. The van der Waals surface area contributed by atoms with Gasteiger partial charge in [-0.3, -0.25) is 19.1 Å². The lowest BCUT2D eigenvalue weighted by Gasteiger charge is -2.26. The van der Waals surface area contributed by atoms with Crippen molar-refractivity contribution in [3.05, 3.63) is 58.0 Å². The number of nitrogens with one attached hydrogen (secondary N) is 1. The maximum absolute atomic E-state index is 12.7. The van der Waals surface area contributed by atoms with Crippen molar-refractivity contribution in [3.8, 4) is 0 Å². The van der Waals surface area contributed by atoms with Gasteiger partial charge >= 0.3 is 4.87 Å². The molecule has 1 N–H and O–H groups in total. The molecular weight excluding hydrogens is 436 g/mol. The van der Waals surface area contributed by atoms with Gasteiger partial charge in [0.2, 0.25) is 15.9 Å². The maximum Gasteiger partial charge on any atom is 0.308 e. The molecule has 164 valence electrons. The van der Waals surface area contributed by atoms with E-state index in [0.29, 0.717) is 16.8 Å². The van der Waals surface area contributed by atoms with Crippen LogP contribution in [0.4, 0.5) is 0 Å². The van der Waals surface area contributed by atoms with E-state index in [1.54, 1.807) is 35.2 Å². The number of amides is 1. The van der Waals surface area contributed by atoms with Gasteiger partial charge in [0.25, 0.3) is 0 Å². The summed E-state index contributed by atoms with van der Waals surface area (Å²) in [6.45, 7) is 1.99. The van der Waals surface area contributed by atoms with E-state index < -0.39 is 10.0 Å². The highest BCUT2D eigenvalue weighted by molar-refractivity contribution is 7.89. The predicted octanol–water partition coefficient (Wildman–Crippen LogP) is 2.34. The van der Waals surface area contributed by atoms with Crippen LogP contribution < -0.4 is 9.60 Å². The summed E-state index contributed by atoms with van der Waals surface area (Å²) in [5.74, 6) is 0.0600. The number of carbonyl (C=O) groups is 1. The third kappa shape index (κ3) is 5.03. The number of aryl methyl sites for hydroxylation is 1. The first kappa shape index (κ1) is 21.7. The number of benzene rings is 1. The average Bonchev–Trinajstić information content (AvgIpc) is 3.11. The lowest BCUT2D eigenvalue weighted by atomic mass is 10.1. The van der Waals surface area contributed by atoms with Crippen molar-refractivity contribution in [2.45, 2.75) is 43.7 Å². The Labute approximate surface area is 184 Å². The van der Waals surface area contributed by atoms with Crippen LogP contribution in [0.3, 0.4) is 0 Å². The first-order valence-corrected chi connectivity index (χ1v) is 12.5. The Morgan fingerprint density at radius 3 is 2.71 bits per heavy atom. The van der Waals surface area contributed by atoms with Gasteiger partial charge in [-0.2, -0.15) is 0 Å². The zero-order valence-electron chi connectivity index (χ0n) is 17.0. The predicted molar refractivity (Wildman–Crippen MR) is 119 cm³/mol. The molecule has 1 fully saturated rings. The summed E-state index contributed by atoms with van der Waals surface area (Å²) in [6, 6.07) is 8.16. The number of aromatic nitrogens is 2. The van der Waals surface area contributed by atoms with Crippen LogP contribution in [0, 0.1) is 0 Å². The first-order valence-electron chi connectivity index (χ1n) is 10.2. The van der Waals surface area contributed by atoms with E-state index in [1.807, 2.05) is 4.90 Å². The van der Waals surface area contributed by atoms with Gasteiger partial charge in [0.05, 0.1) is 15.1 Å². The molecule has 1 aromatic carbocycles. The van der Waals surface area contributed by atoms with Crippen LogP contribution in [-0.4, -0.2) is 41.9 Å². The molecule has 1 amide bonds. The molecule has 0 atom stereocenters. The van der Waals surface area contributed by atoms with Crippen molar-refractivity contribution in [2.24, 2.45) is 0 Å². The van der Waals surface area contributed by atoms with Gasteiger partial charge in [-0.05, 0) is 49.1 Å². The molecule has 10 heteroatoms. The van der Waals surface area contributed by atoms with Crippen molar-refractivity contribution in [1.82, 2.24) is 19.2 Å². The average molecular weight is 461 g/mol. The highest BCUT2D eigenvalue weighted by Crippen LogP contribution is 2.22. The van der Waals surface area contributed by atoms with Gasteiger partial charge in [-0.1, -0.05) is 17.4 Å². The first-order chi connectivity index (χ1) is 14.9. The summed E-state index contributed by atoms with van der Waals surface area (Å²) >= 11 is 0.991. The fraction of sp³-hybridized carbons (Fsp3) is 0.381. The fourth-order valence-electron chi connectivity index (χ4n) is 3.70. The maximum atomic E-state index is 12.7. The summed E-state index contributed by atoms with van der Waals surface area (Å²) in [5, 5.41) is 0. The van der Waals surface area contributed by atoms with Crippen LogP contribution >= 0.6 is 11.3 Å². The molecule has 0 radical (unpaired) electrons. The van der Waals surface area contributed by atoms with E-state index in [-0.39, 0.29) is 28.6 Å².